The molecule has 104 valence electrons. The van der Waals surface area contributed by atoms with E-state index in [2.05, 4.69) is 6.58 Å². The van der Waals surface area contributed by atoms with Crippen molar-refractivity contribution in [2.24, 2.45) is 0 Å². The Kier molecular flexibility index (Phi) is 4.20. The van der Waals surface area contributed by atoms with Gasteiger partial charge >= 0.3 is 10.1 Å². The van der Waals surface area contributed by atoms with Crippen molar-refractivity contribution in [3.63, 3.8) is 0 Å². The molecule has 0 atom stereocenters. The van der Waals surface area contributed by atoms with Gasteiger partial charge in [0.25, 0.3) is 0 Å². The fraction of sp³-hybridized carbons (Fsp3) is 0.0667. The summed E-state index contributed by atoms with van der Waals surface area (Å²) >= 11 is 0. The molecule has 2 aromatic carbocycles. The van der Waals surface area contributed by atoms with Gasteiger partial charge in [0.05, 0.1) is 0 Å². The fourth-order valence-electron chi connectivity index (χ4n) is 1.70. The number of hydrogen-bond donors (Lipinski definition) is 0. The van der Waals surface area contributed by atoms with Crippen molar-refractivity contribution in [2.45, 2.75) is 11.3 Å². The number of halogens is 1. The number of para-hydroxylation sites is 1. The molecule has 0 aliphatic carbocycles. The van der Waals surface area contributed by atoms with Crippen LogP contribution in [0.15, 0.2) is 66.1 Å². The summed E-state index contributed by atoms with van der Waals surface area (Å²) in [6.07, 6.45) is 2.13. The first-order valence-electron chi connectivity index (χ1n) is 5.92. The fourth-order valence-corrected chi connectivity index (χ4v) is 2.70. The van der Waals surface area contributed by atoms with E-state index in [1.54, 1.807) is 30.3 Å². The molecule has 0 bridgehead atoms. The highest BCUT2D eigenvalue weighted by atomic mass is 32.2. The minimum absolute atomic E-state index is 0.217. The average molecular weight is 292 g/mol. The molecule has 0 aliphatic heterocycles. The van der Waals surface area contributed by atoms with Gasteiger partial charge in [-0.15, -0.1) is 6.58 Å². The zero-order valence-corrected chi connectivity index (χ0v) is 11.4. The predicted molar refractivity (Wildman–Crippen MR) is 74.6 cm³/mol. The van der Waals surface area contributed by atoms with Crippen LogP contribution in [-0.4, -0.2) is 8.42 Å². The third kappa shape index (κ3) is 3.24. The van der Waals surface area contributed by atoms with Crippen molar-refractivity contribution in [2.75, 3.05) is 0 Å². The molecule has 0 radical (unpaired) electrons. The van der Waals surface area contributed by atoms with Crippen molar-refractivity contribution in [1.29, 1.82) is 0 Å². The second kappa shape index (κ2) is 5.88. The molecule has 0 spiro atoms. The van der Waals surface area contributed by atoms with E-state index in [0.29, 0.717) is 12.0 Å². The van der Waals surface area contributed by atoms with Gasteiger partial charge in [0.15, 0.2) is 0 Å². The van der Waals surface area contributed by atoms with Crippen molar-refractivity contribution in [3.8, 4) is 5.75 Å². The number of benzene rings is 2. The minimum atomic E-state index is -4.05. The Morgan fingerprint density at radius 1 is 1.15 bits per heavy atom. The van der Waals surface area contributed by atoms with Gasteiger partial charge in [-0.05, 0) is 36.2 Å². The molecule has 2 aromatic rings. The molecule has 0 amide bonds. The first kappa shape index (κ1) is 14.3. The van der Waals surface area contributed by atoms with Crippen LogP contribution in [0.2, 0.25) is 0 Å². The lowest BCUT2D eigenvalue weighted by Crippen LogP contribution is -2.11. The summed E-state index contributed by atoms with van der Waals surface area (Å²) in [6.45, 7) is 3.61. The highest BCUT2D eigenvalue weighted by Gasteiger charge is 2.18. The van der Waals surface area contributed by atoms with Crippen LogP contribution >= 0.6 is 0 Å². The first-order valence-corrected chi connectivity index (χ1v) is 7.32. The highest BCUT2D eigenvalue weighted by molar-refractivity contribution is 7.87. The molecule has 3 nitrogen and oxygen atoms in total. The lowest BCUT2D eigenvalue weighted by atomic mass is 10.1. The van der Waals surface area contributed by atoms with E-state index in [0.717, 1.165) is 6.07 Å². The SMILES string of the molecule is C=CCc1ccccc1OS(=O)(=O)c1cccc(F)c1. The van der Waals surface area contributed by atoms with E-state index >= 15 is 0 Å². The van der Waals surface area contributed by atoms with Crippen LogP contribution in [-0.2, 0) is 16.5 Å². The molecule has 0 saturated carbocycles. The largest absolute Gasteiger partial charge is 0.379 e. The molecular formula is C15H13FO3S. The van der Waals surface area contributed by atoms with Crippen LogP contribution in [0.3, 0.4) is 0 Å². The molecular weight excluding hydrogens is 279 g/mol. The number of hydrogen-bond acceptors (Lipinski definition) is 3. The summed E-state index contributed by atoms with van der Waals surface area (Å²) < 4.78 is 42.4. The van der Waals surface area contributed by atoms with Gasteiger partial charge in [-0.1, -0.05) is 30.3 Å². The van der Waals surface area contributed by atoms with Gasteiger partial charge in [-0.3, -0.25) is 0 Å². The zero-order valence-electron chi connectivity index (χ0n) is 10.6. The molecule has 0 unspecified atom stereocenters. The van der Waals surface area contributed by atoms with Crippen LogP contribution in [0.1, 0.15) is 5.56 Å². The predicted octanol–water partition coefficient (Wildman–Crippen LogP) is 3.32. The van der Waals surface area contributed by atoms with Crippen molar-refractivity contribution in [1.82, 2.24) is 0 Å². The molecule has 0 aliphatic rings. The normalized spacial score (nSPS) is 11.1. The topological polar surface area (TPSA) is 43.4 Å². The third-order valence-corrected chi connectivity index (χ3v) is 3.85. The Hall–Kier alpha value is -2.14. The van der Waals surface area contributed by atoms with Crippen molar-refractivity contribution in [3.05, 3.63) is 72.6 Å². The standard InChI is InChI=1S/C15H13FO3S/c1-2-6-12-7-3-4-10-15(12)19-20(17,18)14-9-5-8-13(16)11-14/h2-5,7-11H,1,6H2. The van der Waals surface area contributed by atoms with E-state index in [-0.39, 0.29) is 10.6 Å². The monoisotopic (exact) mass is 292 g/mol. The maximum atomic E-state index is 13.1. The van der Waals surface area contributed by atoms with E-state index in [9.17, 15) is 12.8 Å². The van der Waals surface area contributed by atoms with Crippen LogP contribution < -0.4 is 4.18 Å². The van der Waals surface area contributed by atoms with E-state index in [4.69, 9.17) is 4.18 Å². The van der Waals surface area contributed by atoms with Gasteiger partial charge < -0.3 is 4.18 Å². The van der Waals surface area contributed by atoms with Gasteiger partial charge in [0.1, 0.15) is 16.5 Å². The minimum Gasteiger partial charge on any atom is -0.379 e. The summed E-state index contributed by atoms with van der Waals surface area (Å²) in [5.41, 5.74) is 0.697. The van der Waals surface area contributed by atoms with Crippen molar-refractivity contribution < 1.29 is 17.0 Å². The molecule has 0 heterocycles. The zero-order chi connectivity index (χ0) is 14.6. The summed E-state index contributed by atoms with van der Waals surface area (Å²) in [6, 6.07) is 11.4. The maximum absolute atomic E-state index is 13.1. The van der Waals surface area contributed by atoms with E-state index in [1.807, 2.05) is 0 Å². The summed E-state index contributed by atoms with van der Waals surface area (Å²) in [5, 5.41) is 0. The van der Waals surface area contributed by atoms with Crippen LogP contribution in [0.4, 0.5) is 4.39 Å². The molecule has 0 aromatic heterocycles. The Morgan fingerprint density at radius 2 is 1.90 bits per heavy atom. The molecule has 0 fully saturated rings. The molecule has 0 saturated heterocycles. The van der Waals surface area contributed by atoms with E-state index in [1.165, 1.54) is 18.2 Å². The number of allylic oxidation sites excluding steroid dienone is 1. The van der Waals surface area contributed by atoms with Gasteiger partial charge in [-0.2, -0.15) is 8.42 Å². The summed E-state index contributed by atoms with van der Waals surface area (Å²) in [5.74, 6) is -0.411. The van der Waals surface area contributed by atoms with Gasteiger partial charge in [0.2, 0.25) is 0 Å². The third-order valence-electron chi connectivity index (χ3n) is 2.62. The van der Waals surface area contributed by atoms with Crippen molar-refractivity contribution >= 4 is 10.1 Å². The Morgan fingerprint density at radius 3 is 2.60 bits per heavy atom. The summed E-state index contributed by atoms with van der Waals surface area (Å²) in [4.78, 5) is -0.217. The average Bonchev–Trinajstić information content (AvgIpc) is 2.41. The second-order valence-electron chi connectivity index (χ2n) is 4.10. The number of rotatable bonds is 5. The maximum Gasteiger partial charge on any atom is 0.339 e. The molecule has 2 rings (SSSR count). The quantitative estimate of drug-likeness (QED) is 0.627. The smallest absolute Gasteiger partial charge is 0.339 e. The molecule has 5 heteroatoms. The van der Waals surface area contributed by atoms with Crippen LogP contribution in [0.5, 0.6) is 5.75 Å². The van der Waals surface area contributed by atoms with Gasteiger partial charge in [0, 0.05) is 0 Å². The molecule has 20 heavy (non-hydrogen) atoms. The van der Waals surface area contributed by atoms with Crippen LogP contribution in [0, 0.1) is 5.82 Å². The molecule has 0 N–H and O–H groups in total. The second-order valence-corrected chi connectivity index (χ2v) is 5.64. The first-order chi connectivity index (χ1) is 9.53. The van der Waals surface area contributed by atoms with Gasteiger partial charge in [-0.25, -0.2) is 4.39 Å². The lowest BCUT2D eigenvalue weighted by molar-refractivity contribution is 0.482. The lowest BCUT2D eigenvalue weighted by Gasteiger charge is -2.10. The highest BCUT2D eigenvalue weighted by Crippen LogP contribution is 2.23. The Bertz CT molecular complexity index is 723. The van der Waals surface area contributed by atoms with E-state index < -0.39 is 15.9 Å². The van der Waals surface area contributed by atoms with Crippen LogP contribution in [0.25, 0.3) is 0 Å². The summed E-state index contributed by atoms with van der Waals surface area (Å²) in [7, 11) is -4.05. The Balaban J connectivity index is 2.36. The Labute approximate surface area is 117 Å².